The molecule has 0 unspecified atom stereocenters. The predicted octanol–water partition coefficient (Wildman–Crippen LogP) is 2.39. The van der Waals surface area contributed by atoms with Crippen molar-refractivity contribution in [2.45, 2.75) is 37.4 Å². The summed E-state index contributed by atoms with van der Waals surface area (Å²) in [5.41, 5.74) is 0.871. The zero-order valence-corrected chi connectivity index (χ0v) is 15.0. The first-order chi connectivity index (χ1) is 12.6. The SMILES string of the molecule is COc1cc(C(=O)N2CCC3(CC2)OCCC[C@@H]3O)c2ccccc2n1. The Kier molecular flexibility index (Phi) is 4.54. The summed E-state index contributed by atoms with van der Waals surface area (Å²) in [5, 5.41) is 11.2. The predicted molar refractivity (Wildman–Crippen MR) is 97.4 cm³/mol. The van der Waals surface area contributed by atoms with E-state index in [1.807, 2.05) is 29.2 Å². The second-order valence-corrected chi connectivity index (χ2v) is 7.09. The summed E-state index contributed by atoms with van der Waals surface area (Å²) in [6, 6.07) is 9.31. The summed E-state index contributed by atoms with van der Waals surface area (Å²) in [7, 11) is 1.55. The number of aliphatic hydroxyl groups is 1. The Hall–Kier alpha value is -2.18. The molecule has 1 N–H and O–H groups in total. The first-order valence-corrected chi connectivity index (χ1v) is 9.18. The Morgan fingerprint density at radius 2 is 2.12 bits per heavy atom. The van der Waals surface area contributed by atoms with Gasteiger partial charge in [0.2, 0.25) is 5.88 Å². The smallest absolute Gasteiger partial charge is 0.254 e. The molecule has 6 heteroatoms. The molecule has 0 saturated carbocycles. The van der Waals surface area contributed by atoms with Crippen molar-refractivity contribution in [1.29, 1.82) is 0 Å². The summed E-state index contributed by atoms with van der Waals surface area (Å²) >= 11 is 0. The van der Waals surface area contributed by atoms with Crippen LogP contribution in [-0.2, 0) is 4.74 Å². The molecule has 2 aliphatic heterocycles. The number of hydrogen-bond acceptors (Lipinski definition) is 5. The maximum Gasteiger partial charge on any atom is 0.254 e. The van der Waals surface area contributed by atoms with Crippen LogP contribution in [0.4, 0.5) is 0 Å². The van der Waals surface area contributed by atoms with Crippen LogP contribution in [0.1, 0.15) is 36.0 Å². The summed E-state index contributed by atoms with van der Waals surface area (Å²) < 4.78 is 11.2. The van der Waals surface area contributed by atoms with Gasteiger partial charge in [-0.2, -0.15) is 0 Å². The van der Waals surface area contributed by atoms with Crippen LogP contribution >= 0.6 is 0 Å². The highest BCUT2D eigenvalue weighted by molar-refractivity contribution is 6.06. The van der Waals surface area contributed by atoms with Crippen LogP contribution < -0.4 is 4.74 Å². The summed E-state index contributed by atoms with van der Waals surface area (Å²) in [5.74, 6) is 0.411. The van der Waals surface area contributed by atoms with Gasteiger partial charge in [0, 0.05) is 31.1 Å². The van der Waals surface area contributed by atoms with Gasteiger partial charge in [-0.25, -0.2) is 4.98 Å². The minimum atomic E-state index is -0.479. The number of aromatic nitrogens is 1. The van der Waals surface area contributed by atoms with Gasteiger partial charge in [-0.3, -0.25) is 4.79 Å². The Bertz CT molecular complexity index is 815. The van der Waals surface area contributed by atoms with Crippen LogP contribution in [0.25, 0.3) is 10.9 Å². The number of ether oxygens (including phenoxy) is 2. The van der Waals surface area contributed by atoms with Gasteiger partial charge in [-0.1, -0.05) is 18.2 Å². The summed E-state index contributed by atoms with van der Waals surface area (Å²) in [6.45, 7) is 1.85. The molecule has 1 spiro atoms. The average molecular weight is 356 g/mol. The van der Waals surface area contributed by atoms with E-state index in [2.05, 4.69) is 4.98 Å². The Labute approximate surface area is 152 Å². The Morgan fingerprint density at radius 3 is 2.85 bits per heavy atom. The molecule has 1 aromatic heterocycles. The van der Waals surface area contributed by atoms with E-state index < -0.39 is 11.7 Å². The minimum absolute atomic E-state index is 0.0259. The molecule has 2 saturated heterocycles. The van der Waals surface area contributed by atoms with Crippen molar-refractivity contribution in [2.24, 2.45) is 0 Å². The van der Waals surface area contributed by atoms with Gasteiger partial charge < -0.3 is 19.5 Å². The number of benzene rings is 1. The van der Waals surface area contributed by atoms with Crippen molar-refractivity contribution < 1.29 is 19.4 Å². The molecule has 26 heavy (non-hydrogen) atoms. The van der Waals surface area contributed by atoms with Gasteiger partial charge in [0.05, 0.1) is 29.9 Å². The highest BCUT2D eigenvalue weighted by Gasteiger charge is 2.44. The number of nitrogens with zero attached hydrogens (tertiary/aromatic N) is 2. The Balaban J connectivity index is 1.58. The third kappa shape index (κ3) is 2.93. The second-order valence-electron chi connectivity index (χ2n) is 7.09. The van der Waals surface area contributed by atoms with E-state index in [1.165, 1.54) is 0 Å². The number of likely N-dealkylation sites (tertiary alicyclic amines) is 1. The molecule has 4 rings (SSSR count). The number of methoxy groups -OCH3 is 1. The van der Waals surface area contributed by atoms with Crippen LogP contribution in [-0.4, -0.2) is 59.4 Å². The van der Waals surface area contributed by atoms with Gasteiger partial charge in [0.1, 0.15) is 0 Å². The van der Waals surface area contributed by atoms with Crippen LogP contribution in [0.15, 0.2) is 30.3 Å². The van der Waals surface area contributed by atoms with Crippen molar-refractivity contribution in [3.8, 4) is 5.88 Å². The number of hydrogen-bond donors (Lipinski definition) is 1. The lowest BCUT2D eigenvalue weighted by molar-refractivity contribution is -0.174. The Morgan fingerprint density at radius 1 is 1.35 bits per heavy atom. The van der Waals surface area contributed by atoms with E-state index in [0.29, 0.717) is 44.0 Å². The maximum absolute atomic E-state index is 13.2. The molecule has 1 atom stereocenters. The van der Waals surface area contributed by atoms with Crippen LogP contribution in [0.5, 0.6) is 5.88 Å². The average Bonchev–Trinajstić information content (AvgIpc) is 2.69. The summed E-state index contributed by atoms with van der Waals surface area (Å²) in [6.07, 6.45) is 2.57. The lowest BCUT2D eigenvalue weighted by Gasteiger charge is -2.46. The number of para-hydroxylation sites is 1. The van der Waals surface area contributed by atoms with E-state index in [4.69, 9.17) is 9.47 Å². The quantitative estimate of drug-likeness (QED) is 0.895. The monoisotopic (exact) mass is 356 g/mol. The molecule has 1 aromatic carbocycles. The van der Waals surface area contributed by atoms with Gasteiger partial charge >= 0.3 is 0 Å². The van der Waals surface area contributed by atoms with E-state index in [1.54, 1.807) is 13.2 Å². The normalized spacial score (nSPS) is 22.5. The highest BCUT2D eigenvalue weighted by atomic mass is 16.5. The first-order valence-electron chi connectivity index (χ1n) is 9.18. The molecule has 2 fully saturated rings. The lowest BCUT2D eigenvalue weighted by Crippen LogP contribution is -2.56. The molecule has 3 heterocycles. The summed E-state index contributed by atoms with van der Waals surface area (Å²) in [4.78, 5) is 19.4. The number of carbonyl (C=O) groups is 1. The lowest BCUT2D eigenvalue weighted by atomic mass is 9.82. The fourth-order valence-electron chi connectivity index (χ4n) is 4.08. The molecule has 1 amide bonds. The van der Waals surface area contributed by atoms with Gasteiger partial charge in [-0.05, 0) is 31.7 Å². The van der Waals surface area contributed by atoms with Gasteiger partial charge in [-0.15, -0.1) is 0 Å². The molecule has 2 aliphatic rings. The van der Waals surface area contributed by atoms with Crippen molar-refractivity contribution >= 4 is 16.8 Å². The molecule has 138 valence electrons. The zero-order valence-electron chi connectivity index (χ0n) is 15.0. The van der Waals surface area contributed by atoms with E-state index in [-0.39, 0.29) is 5.91 Å². The number of fused-ring (bicyclic) bond motifs is 1. The second kappa shape index (κ2) is 6.85. The standard InChI is InChI=1S/C20H24N2O4/c1-25-18-13-15(14-5-2-3-6-16(14)21-18)19(24)22-10-8-20(9-11-22)17(23)7-4-12-26-20/h2-3,5-6,13,17,23H,4,7-12H2,1H3/t17-/m0/s1. The van der Waals surface area contributed by atoms with Crippen molar-refractivity contribution in [2.75, 3.05) is 26.8 Å². The van der Waals surface area contributed by atoms with Crippen molar-refractivity contribution in [1.82, 2.24) is 9.88 Å². The van der Waals surface area contributed by atoms with E-state index >= 15 is 0 Å². The number of carbonyl (C=O) groups excluding carboxylic acids is 1. The zero-order chi connectivity index (χ0) is 18.1. The molecular formula is C20H24N2O4. The largest absolute Gasteiger partial charge is 0.481 e. The van der Waals surface area contributed by atoms with Gasteiger partial charge in [0.25, 0.3) is 5.91 Å². The third-order valence-corrected chi connectivity index (χ3v) is 5.65. The number of piperidine rings is 1. The van der Waals surface area contributed by atoms with Gasteiger partial charge in [0.15, 0.2) is 0 Å². The first kappa shape index (κ1) is 17.2. The molecule has 0 radical (unpaired) electrons. The number of aliphatic hydroxyl groups excluding tert-OH is 1. The number of rotatable bonds is 2. The van der Waals surface area contributed by atoms with E-state index in [0.717, 1.165) is 23.7 Å². The molecular weight excluding hydrogens is 332 g/mol. The topological polar surface area (TPSA) is 71.9 Å². The maximum atomic E-state index is 13.2. The number of amides is 1. The molecule has 0 bridgehead atoms. The number of pyridine rings is 1. The van der Waals surface area contributed by atoms with Crippen LogP contribution in [0.3, 0.4) is 0 Å². The van der Waals surface area contributed by atoms with Crippen molar-refractivity contribution in [3.63, 3.8) is 0 Å². The fourth-order valence-corrected chi connectivity index (χ4v) is 4.08. The van der Waals surface area contributed by atoms with Crippen molar-refractivity contribution in [3.05, 3.63) is 35.9 Å². The highest BCUT2D eigenvalue weighted by Crippen LogP contribution is 2.36. The van der Waals surface area contributed by atoms with E-state index in [9.17, 15) is 9.90 Å². The molecule has 0 aliphatic carbocycles. The third-order valence-electron chi connectivity index (χ3n) is 5.65. The fraction of sp³-hybridized carbons (Fsp3) is 0.500. The molecule has 6 nitrogen and oxygen atoms in total. The van der Waals surface area contributed by atoms with Crippen LogP contribution in [0, 0.1) is 0 Å². The molecule has 2 aromatic rings. The minimum Gasteiger partial charge on any atom is -0.481 e. The van der Waals surface area contributed by atoms with Crippen LogP contribution in [0.2, 0.25) is 0 Å².